The van der Waals surface area contributed by atoms with Crippen LogP contribution in [-0.4, -0.2) is 13.6 Å². The Labute approximate surface area is 85.3 Å². The van der Waals surface area contributed by atoms with Gasteiger partial charge in [-0.15, -0.1) is 0 Å². The van der Waals surface area contributed by atoms with Gasteiger partial charge in [0.05, 0.1) is 0 Å². The Morgan fingerprint density at radius 1 is 1.43 bits per heavy atom. The fraction of sp³-hybridized carbons (Fsp3) is 0.500. The van der Waals surface area contributed by atoms with Gasteiger partial charge in [0.25, 0.3) is 0 Å². The van der Waals surface area contributed by atoms with E-state index in [-0.39, 0.29) is 5.82 Å². The molecule has 0 bridgehead atoms. The molecule has 0 aromatic heterocycles. The molecule has 0 radical (unpaired) electrons. The van der Waals surface area contributed by atoms with Crippen molar-refractivity contribution in [2.24, 2.45) is 0 Å². The van der Waals surface area contributed by atoms with Crippen LogP contribution in [0, 0.1) is 12.7 Å². The van der Waals surface area contributed by atoms with Crippen molar-refractivity contribution < 1.29 is 4.39 Å². The van der Waals surface area contributed by atoms with Crippen LogP contribution in [0.3, 0.4) is 0 Å². The second-order valence-corrected chi connectivity index (χ2v) is 3.80. The summed E-state index contributed by atoms with van der Waals surface area (Å²) in [6.45, 7) is 4.98. The van der Waals surface area contributed by atoms with E-state index in [1.54, 1.807) is 6.07 Å². The fourth-order valence-corrected chi connectivity index (χ4v) is 1.50. The maximum absolute atomic E-state index is 13.0. The smallest absolute Gasteiger partial charge is 0.126 e. The number of hydrogen-bond donors (Lipinski definition) is 1. The zero-order valence-electron chi connectivity index (χ0n) is 9.10. The van der Waals surface area contributed by atoms with E-state index in [0.717, 1.165) is 18.5 Å². The quantitative estimate of drug-likeness (QED) is 0.779. The van der Waals surface area contributed by atoms with Crippen LogP contribution in [0.1, 0.15) is 30.4 Å². The van der Waals surface area contributed by atoms with Crippen LogP contribution in [0.15, 0.2) is 18.2 Å². The van der Waals surface area contributed by atoms with Crippen LogP contribution >= 0.6 is 0 Å². The second kappa shape index (κ2) is 5.11. The molecule has 1 nitrogen and oxygen atoms in total. The molecular formula is C12H18FN. The van der Waals surface area contributed by atoms with Gasteiger partial charge in [-0.3, -0.25) is 0 Å². The summed E-state index contributed by atoms with van der Waals surface area (Å²) in [6.07, 6.45) is 1.08. The van der Waals surface area contributed by atoms with E-state index in [0.29, 0.717) is 5.92 Å². The van der Waals surface area contributed by atoms with E-state index in [1.165, 1.54) is 5.56 Å². The van der Waals surface area contributed by atoms with Crippen molar-refractivity contribution in [2.45, 2.75) is 26.2 Å². The summed E-state index contributed by atoms with van der Waals surface area (Å²) < 4.78 is 13.0. The van der Waals surface area contributed by atoms with Crippen molar-refractivity contribution >= 4 is 0 Å². The van der Waals surface area contributed by atoms with Crippen molar-refractivity contribution in [1.29, 1.82) is 0 Å². The van der Waals surface area contributed by atoms with Crippen LogP contribution in [0.4, 0.5) is 4.39 Å². The monoisotopic (exact) mass is 195 g/mol. The Kier molecular flexibility index (Phi) is 4.08. The van der Waals surface area contributed by atoms with Crippen molar-refractivity contribution in [2.75, 3.05) is 13.6 Å². The largest absolute Gasteiger partial charge is 0.320 e. The van der Waals surface area contributed by atoms with Crippen molar-refractivity contribution in [3.63, 3.8) is 0 Å². The summed E-state index contributed by atoms with van der Waals surface area (Å²) in [5, 5.41) is 3.12. The van der Waals surface area contributed by atoms with Gasteiger partial charge in [0, 0.05) is 0 Å². The van der Waals surface area contributed by atoms with Gasteiger partial charge in [-0.05, 0) is 50.0 Å². The van der Waals surface area contributed by atoms with Crippen LogP contribution < -0.4 is 5.32 Å². The number of hydrogen-bond acceptors (Lipinski definition) is 1. The van der Waals surface area contributed by atoms with Gasteiger partial charge in [-0.2, -0.15) is 0 Å². The van der Waals surface area contributed by atoms with Crippen molar-refractivity contribution in [1.82, 2.24) is 5.32 Å². The van der Waals surface area contributed by atoms with E-state index < -0.39 is 0 Å². The van der Waals surface area contributed by atoms with E-state index >= 15 is 0 Å². The Bertz CT molecular complexity index is 296. The summed E-state index contributed by atoms with van der Waals surface area (Å²) in [6, 6.07) is 5.37. The van der Waals surface area contributed by atoms with Crippen LogP contribution in [0.5, 0.6) is 0 Å². The first-order valence-electron chi connectivity index (χ1n) is 5.05. The lowest BCUT2D eigenvalue weighted by Gasteiger charge is -2.12. The molecule has 78 valence electrons. The topological polar surface area (TPSA) is 12.0 Å². The molecule has 14 heavy (non-hydrogen) atoms. The lowest BCUT2D eigenvalue weighted by Crippen LogP contribution is -2.10. The summed E-state index contributed by atoms with van der Waals surface area (Å²) >= 11 is 0. The Hall–Kier alpha value is -0.890. The minimum Gasteiger partial charge on any atom is -0.320 e. The number of nitrogens with one attached hydrogen (secondary N) is 1. The maximum Gasteiger partial charge on any atom is 0.126 e. The molecule has 0 saturated carbocycles. The molecule has 0 aliphatic rings. The van der Waals surface area contributed by atoms with E-state index in [1.807, 2.05) is 26.1 Å². The third-order valence-corrected chi connectivity index (χ3v) is 2.58. The van der Waals surface area contributed by atoms with Crippen LogP contribution in [-0.2, 0) is 0 Å². The zero-order valence-corrected chi connectivity index (χ0v) is 9.10. The number of aryl methyl sites for hydroxylation is 1. The lowest BCUT2D eigenvalue weighted by molar-refractivity contribution is 0.609. The fourth-order valence-electron chi connectivity index (χ4n) is 1.50. The highest BCUT2D eigenvalue weighted by atomic mass is 19.1. The Morgan fingerprint density at radius 2 is 2.14 bits per heavy atom. The van der Waals surface area contributed by atoms with E-state index in [2.05, 4.69) is 12.2 Å². The van der Waals surface area contributed by atoms with Gasteiger partial charge < -0.3 is 5.32 Å². The molecule has 0 fully saturated rings. The minimum absolute atomic E-state index is 0.116. The molecule has 1 atom stereocenters. The number of benzene rings is 1. The zero-order chi connectivity index (χ0) is 10.6. The SMILES string of the molecule is CNCCC(C)c1ccc(F)c(C)c1. The molecular weight excluding hydrogens is 177 g/mol. The minimum atomic E-state index is -0.116. The standard InChI is InChI=1S/C12H18FN/c1-9(6-7-14-3)11-4-5-12(13)10(2)8-11/h4-5,8-9,14H,6-7H2,1-3H3. The van der Waals surface area contributed by atoms with E-state index in [9.17, 15) is 4.39 Å². The first kappa shape index (κ1) is 11.2. The molecule has 1 unspecified atom stereocenters. The molecule has 1 N–H and O–H groups in total. The summed E-state index contributed by atoms with van der Waals surface area (Å²) in [5.41, 5.74) is 1.96. The van der Waals surface area contributed by atoms with Crippen LogP contribution in [0.2, 0.25) is 0 Å². The van der Waals surface area contributed by atoms with Gasteiger partial charge in [-0.1, -0.05) is 19.1 Å². The predicted octanol–water partition coefficient (Wildman–Crippen LogP) is 2.85. The molecule has 1 aromatic rings. The second-order valence-electron chi connectivity index (χ2n) is 3.80. The highest BCUT2D eigenvalue weighted by molar-refractivity contribution is 5.26. The first-order valence-corrected chi connectivity index (χ1v) is 5.05. The van der Waals surface area contributed by atoms with Gasteiger partial charge in [-0.25, -0.2) is 4.39 Å². The summed E-state index contributed by atoms with van der Waals surface area (Å²) in [5.74, 6) is 0.372. The van der Waals surface area contributed by atoms with Crippen molar-refractivity contribution in [3.8, 4) is 0 Å². The van der Waals surface area contributed by atoms with Gasteiger partial charge in [0.2, 0.25) is 0 Å². The average Bonchev–Trinajstić information content (AvgIpc) is 2.18. The highest BCUT2D eigenvalue weighted by Gasteiger charge is 2.06. The van der Waals surface area contributed by atoms with Gasteiger partial charge >= 0.3 is 0 Å². The summed E-state index contributed by atoms with van der Waals surface area (Å²) in [7, 11) is 1.95. The normalized spacial score (nSPS) is 12.9. The van der Waals surface area contributed by atoms with Gasteiger partial charge in [0.1, 0.15) is 5.82 Å². The molecule has 1 aromatic carbocycles. The maximum atomic E-state index is 13.0. The molecule has 0 aliphatic carbocycles. The molecule has 0 saturated heterocycles. The van der Waals surface area contributed by atoms with Crippen LogP contribution in [0.25, 0.3) is 0 Å². The molecule has 0 spiro atoms. The number of halogens is 1. The van der Waals surface area contributed by atoms with Gasteiger partial charge in [0.15, 0.2) is 0 Å². The van der Waals surface area contributed by atoms with E-state index in [4.69, 9.17) is 0 Å². The third kappa shape index (κ3) is 2.81. The lowest BCUT2D eigenvalue weighted by atomic mass is 9.96. The Balaban J connectivity index is 2.70. The Morgan fingerprint density at radius 3 is 2.71 bits per heavy atom. The molecule has 0 heterocycles. The first-order chi connectivity index (χ1) is 6.65. The predicted molar refractivity (Wildman–Crippen MR) is 58.1 cm³/mol. The third-order valence-electron chi connectivity index (χ3n) is 2.58. The number of rotatable bonds is 4. The molecule has 0 amide bonds. The molecule has 0 aliphatic heterocycles. The highest BCUT2D eigenvalue weighted by Crippen LogP contribution is 2.20. The average molecular weight is 195 g/mol. The molecule has 1 rings (SSSR count). The molecule has 2 heteroatoms. The van der Waals surface area contributed by atoms with Crippen molar-refractivity contribution in [3.05, 3.63) is 35.1 Å². The summed E-state index contributed by atoms with van der Waals surface area (Å²) in [4.78, 5) is 0.